The van der Waals surface area contributed by atoms with Gasteiger partial charge in [0, 0.05) is 38.3 Å². The van der Waals surface area contributed by atoms with E-state index >= 15 is 0 Å². The van der Waals surface area contributed by atoms with Gasteiger partial charge in [0.05, 0.1) is 13.2 Å². The molecule has 1 saturated heterocycles. The lowest BCUT2D eigenvalue weighted by Crippen LogP contribution is -2.63. The fraction of sp³-hybridized carbons (Fsp3) is 1.00. The number of piperazine rings is 1. The summed E-state index contributed by atoms with van der Waals surface area (Å²) in [4.78, 5) is 2.33. The standard InChI is InChI=1S/C10H22N2O2/c1-10(2)8-12(4-5-14-3)6-9(7-13)11-10/h9,11,13H,4-8H2,1-3H3. The third-order valence-electron chi connectivity index (χ3n) is 2.52. The summed E-state index contributed by atoms with van der Waals surface area (Å²) in [7, 11) is 1.72. The fourth-order valence-electron chi connectivity index (χ4n) is 2.07. The highest BCUT2D eigenvalue weighted by Crippen LogP contribution is 2.13. The van der Waals surface area contributed by atoms with Crippen molar-refractivity contribution >= 4 is 0 Å². The van der Waals surface area contributed by atoms with Gasteiger partial charge in [-0.3, -0.25) is 4.90 Å². The van der Waals surface area contributed by atoms with Crippen LogP contribution in [0.4, 0.5) is 0 Å². The monoisotopic (exact) mass is 202 g/mol. The van der Waals surface area contributed by atoms with Crippen LogP contribution in [0.2, 0.25) is 0 Å². The van der Waals surface area contributed by atoms with Crippen molar-refractivity contribution in [2.45, 2.75) is 25.4 Å². The number of rotatable bonds is 4. The largest absolute Gasteiger partial charge is 0.395 e. The second-order valence-corrected chi connectivity index (χ2v) is 4.64. The summed E-state index contributed by atoms with van der Waals surface area (Å²) in [5.41, 5.74) is 0.0827. The van der Waals surface area contributed by atoms with Gasteiger partial charge in [0.1, 0.15) is 0 Å². The smallest absolute Gasteiger partial charge is 0.0597 e. The number of hydrogen-bond acceptors (Lipinski definition) is 4. The molecule has 0 aromatic heterocycles. The van der Waals surface area contributed by atoms with Gasteiger partial charge in [-0.1, -0.05) is 0 Å². The van der Waals surface area contributed by atoms with Crippen LogP contribution in [0.15, 0.2) is 0 Å². The van der Waals surface area contributed by atoms with Gasteiger partial charge in [-0.05, 0) is 13.8 Å². The Morgan fingerprint density at radius 2 is 2.29 bits per heavy atom. The van der Waals surface area contributed by atoms with E-state index in [0.29, 0.717) is 0 Å². The molecule has 0 saturated carbocycles. The Kier molecular flexibility index (Phi) is 4.31. The van der Waals surface area contributed by atoms with Gasteiger partial charge in [0.2, 0.25) is 0 Å². The minimum Gasteiger partial charge on any atom is -0.395 e. The first kappa shape index (κ1) is 11.9. The highest BCUT2D eigenvalue weighted by Gasteiger charge is 2.30. The second kappa shape index (κ2) is 5.07. The number of methoxy groups -OCH3 is 1. The molecule has 4 nitrogen and oxygen atoms in total. The van der Waals surface area contributed by atoms with E-state index in [2.05, 4.69) is 24.1 Å². The summed E-state index contributed by atoms with van der Waals surface area (Å²) in [6.45, 7) is 8.14. The Labute approximate surface area is 86.2 Å². The molecule has 1 unspecified atom stereocenters. The maximum absolute atomic E-state index is 9.15. The van der Waals surface area contributed by atoms with Gasteiger partial charge in [-0.15, -0.1) is 0 Å². The van der Waals surface area contributed by atoms with E-state index in [4.69, 9.17) is 9.84 Å². The number of ether oxygens (including phenoxy) is 1. The maximum Gasteiger partial charge on any atom is 0.0597 e. The molecule has 1 heterocycles. The number of nitrogens with zero attached hydrogens (tertiary/aromatic N) is 1. The summed E-state index contributed by atoms with van der Waals surface area (Å²) >= 11 is 0. The molecule has 14 heavy (non-hydrogen) atoms. The molecule has 0 aromatic rings. The van der Waals surface area contributed by atoms with Crippen LogP contribution in [0.25, 0.3) is 0 Å². The Morgan fingerprint density at radius 3 is 2.86 bits per heavy atom. The van der Waals surface area contributed by atoms with Gasteiger partial charge in [-0.2, -0.15) is 0 Å². The van der Waals surface area contributed by atoms with Crippen molar-refractivity contribution < 1.29 is 9.84 Å². The van der Waals surface area contributed by atoms with Crippen LogP contribution in [-0.2, 0) is 4.74 Å². The minimum atomic E-state index is 0.0827. The maximum atomic E-state index is 9.15. The van der Waals surface area contributed by atoms with Crippen LogP contribution >= 0.6 is 0 Å². The van der Waals surface area contributed by atoms with E-state index in [1.807, 2.05) is 0 Å². The lowest BCUT2D eigenvalue weighted by atomic mass is 9.99. The molecular formula is C10H22N2O2. The zero-order valence-electron chi connectivity index (χ0n) is 9.42. The van der Waals surface area contributed by atoms with Gasteiger partial charge >= 0.3 is 0 Å². The van der Waals surface area contributed by atoms with Gasteiger partial charge in [0.15, 0.2) is 0 Å². The predicted octanol–water partition coefficient (Wildman–Crippen LogP) is -0.322. The highest BCUT2D eigenvalue weighted by atomic mass is 16.5. The molecule has 0 aromatic carbocycles. The molecule has 0 spiro atoms. The van der Waals surface area contributed by atoms with Crippen LogP contribution < -0.4 is 5.32 Å². The average molecular weight is 202 g/mol. The van der Waals surface area contributed by atoms with Crippen LogP contribution in [0.1, 0.15) is 13.8 Å². The zero-order valence-corrected chi connectivity index (χ0v) is 9.42. The summed E-state index contributed by atoms with van der Waals surface area (Å²) in [5.74, 6) is 0. The van der Waals surface area contributed by atoms with Crippen molar-refractivity contribution in [1.82, 2.24) is 10.2 Å². The first-order valence-corrected chi connectivity index (χ1v) is 5.17. The number of aliphatic hydroxyl groups is 1. The molecule has 0 aliphatic carbocycles. The summed E-state index contributed by atoms with van der Waals surface area (Å²) in [5, 5.41) is 12.6. The molecule has 1 atom stereocenters. The van der Waals surface area contributed by atoms with Crippen molar-refractivity contribution in [3.63, 3.8) is 0 Å². The van der Waals surface area contributed by atoms with E-state index in [1.165, 1.54) is 0 Å². The van der Waals surface area contributed by atoms with E-state index in [-0.39, 0.29) is 18.2 Å². The van der Waals surface area contributed by atoms with Crippen LogP contribution in [0, 0.1) is 0 Å². The molecule has 0 bridgehead atoms. The first-order valence-electron chi connectivity index (χ1n) is 5.17. The fourth-order valence-corrected chi connectivity index (χ4v) is 2.07. The third-order valence-corrected chi connectivity index (χ3v) is 2.52. The van der Waals surface area contributed by atoms with E-state index in [1.54, 1.807) is 7.11 Å². The molecule has 1 fully saturated rings. The van der Waals surface area contributed by atoms with E-state index in [0.717, 1.165) is 26.2 Å². The Hall–Kier alpha value is -0.160. The molecule has 1 aliphatic rings. The molecule has 4 heteroatoms. The topological polar surface area (TPSA) is 44.7 Å². The van der Waals surface area contributed by atoms with Crippen molar-refractivity contribution in [2.24, 2.45) is 0 Å². The highest BCUT2D eigenvalue weighted by molar-refractivity contribution is 4.92. The molecule has 2 N–H and O–H groups in total. The first-order chi connectivity index (χ1) is 6.57. The SMILES string of the molecule is COCCN1CC(CO)NC(C)(C)C1. The molecule has 0 radical (unpaired) electrons. The Balaban J connectivity index is 2.43. The number of hydrogen-bond donors (Lipinski definition) is 2. The zero-order chi connectivity index (χ0) is 10.6. The molecular weight excluding hydrogens is 180 g/mol. The summed E-state index contributed by atoms with van der Waals surface area (Å²) in [6.07, 6.45) is 0. The van der Waals surface area contributed by atoms with E-state index in [9.17, 15) is 0 Å². The van der Waals surface area contributed by atoms with Crippen molar-refractivity contribution in [1.29, 1.82) is 0 Å². The third kappa shape index (κ3) is 3.53. The molecule has 84 valence electrons. The van der Waals surface area contributed by atoms with Crippen LogP contribution in [0.3, 0.4) is 0 Å². The second-order valence-electron chi connectivity index (χ2n) is 4.64. The minimum absolute atomic E-state index is 0.0827. The molecule has 0 amide bonds. The van der Waals surface area contributed by atoms with Gasteiger partial charge in [-0.25, -0.2) is 0 Å². The van der Waals surface area contributed by atoms with Crippen molar-refractivity contribution in [3.05, 3.63) is 0 Å². The predicted molar refractivity (Wildman–Crippen MR) is 56.4 cm³/mol. The number of nitrogens with one attached hydrogen (secondary N) is 1. The molecule has 1 rings (SSSR count). The normalized spacial score (nSPS) is 27.9. The molecule has 1 aliphatic heterocycles. The Morgan fingerprint density at radius 1 is 1.57 bits per heavy atom. The lowest BCUT2D eigenvalue weighted by Gasteiger charge is -2.43. The van der Waals surface area contributed by atoms with E-state index < -0.39 is 0 Å². The Bertz CT molecular complexity index is 174. The van der Waals surface area contributed by atoms with Crippen LogP contribution in [0.5, 0.6) is 0 Å². The van der Waals surface area contributed by atoms with Crippen molar-refractivity contribution in [2.75, 3.05) is 40.0 Å². The number of aliphatic hydroxyl groups excluding tert-OH is 1. The van der Waals surface area contributed by atoms with Crippen LogP contribution in [-0.4, -0.2) is 61.5 Å². The summed E-state index contributed by atoms with van der Waals surface area (Å²) in [6, 6.07) is 0.190. The van der Waals surface area contributed by atoms with Gasteiger partial charge < -0.3 is 15.2 Å². The van der Waals surface area contributed by atoms with Crippen molar-refractivity contribution in [3.8, 4) is 0 Å². The lowest BCUT2D eigenvalue weighted by molar-refractivity contribution is 0.0645. The quantitative estimate of drug-likeness (QED) is 0.656. The average Bonchev–Trinajstić information content (AvgIpc) is 2.12. The van der Waals surface area contributed by atoms with Gasteiger partial charge in [0.25, 0.3) is 0 Å². The summed E-state index contributed by atoms with van der Waals surface area (Å²) < 4.78 is 5.06.